The molecule has 1 aliphatic heterocycles. The van der Waals surface area contributed by atoms with Crippen LogP contribution in [-0.4, -0.2) is 19.8 Å². The summed E-state index contributed by atoms with van der Waals surface area (Å²) in [5.74, 6) is 0.628. The molecule has 2 heteroatoms. The molecule has 0 bridgehead atoms. The van der Waals surface area contributed by atoms with Gasteiger partial charge in [-0.15, -0.1) is 0 Å². The Balaban J connectivity index is 2.34. The average Bonchev–Trinajstić information content (AvgIpc) is 2.40. The summed E-state index contributed by atoms with van der Waals surface area (Å²) in [6, 6.07) is 0. The first-order valence-electron chi connectivity index (χ1n) is 3.78. The highest BCUT2D eigenvalue weighted by Crippen LogP contribution is 2.14. The topological polar surface area (TPSA) is 35.2 Å². The number of hydrogen-bond donors (Lipinski definition) is 1. The second kappa shape index (κ2) is 3.74. The predicted octanol–water partition coefficient (Wildman–Crippen LogP) is 0.928. The van der Waals surface area contributed by atoms with Gasteiger partial charge >= 0.3 is 0 Å². The highest BCUT2D eigenvalue weighted by atomic mass is 16.5. The van der Waals surface area contributed by atoms with Gasteiger partial charge in [-0.1, -0.05) is 11.6 Å². The number of nitrogens with two attached hydrogens (primary N) is 1. The van der Waals surface area contributed by atoms with E-state index in [1.165, 1.54) is 5.57 Å². The van der Waals surface area contributed by atoms with Crippen LogP contribution in [0.4, 0.5) is 0 Å². The zero-order chi connectivity index (χ0) is 7.40. The minimum absolute atomic E-state index is 0.628. The molecule has 58 valence electrons. The van der Waals surface area contributed by atoms with E-state index in [1.54, 1.807) is 0 Å². The lowest BCUT2D eigenvalue weighted by Crippen LogP contribution is -2.03. The van der Waals surface area contributed by atoms with E-state index in [9.17, 15) is 0 Å². The third-order valence-electron chi connectivity index (χ3n) is 1.81. The first kappa shape index (κ1) is 7.76. The Morgan fingerprint density at radius 3 is 3.10 bits per heavy atom. The van der Waals surface area contributed by atoms with Crippen molar-refractivity contribution in [1.29, 1.82) is 0 Å². The van der Waals surface area contributed by atoms with Gasteiger partial charge in [-0.3, -0.25) is 0 Å². The van der Waals surface area contributed by atoms with Crippen molar-refractivity contribution in [2.45, 2.75) is 13.3 Å². The highest BCUT2D eigenvalue weighted by Gasteiger charge is 2.12. The molecule has 0 amide bonds. The maximum Gasteiger partial charge on any atom is 0.0529 e. The maximum absolute atomic E-state index is 5.44. The second-order valence-corrected chi connectivity index (χ2v) is 2.84. The smallest absolute Gasteiger partial charge is 0.0529 e. The molecule has 1 fully saturated rings. The van der Waals surface area contributed by atoms with E-state index in [0.717, 1.165) is 19.6 Å². The molecule has 0 aromatic carbocycles. The largest absolute Gasteiger partial charge is 0.381 e. The first-order chi connectivity index (χ1) is 4.83. The molecule has 0 aliphatic carbocycles. The van der Waals surface area contributed by atoms with Crippen LogP contribution < -0.4 is 5.73 Å². The summed E-state index contributed by atoms with van der Waals surface area (Å²) in [4.78, 5) is 0. The van der Waals surface area contributed by atoms with Gasteiger partial charge in [0.1, 0.15) is 0 Å². The zero-order valence-corrected chi connectivity index (χ0v) is 6.47. The Morgan fingerprint density at radius 2 is 2.60 bits per heavy atom. The molecule has 10 heavy (non-hydrogen) atoms. The van der Waals surface area contributed by atoms with Crippen molar-refractivity contribution in [2.75, 3.05) is 19.8 Å². The fourth-order valence-corrected chi connectivity index (χ4v) is 1.15. The van der Waals surface area contributed by atoms with Crippen molar-refractivity contribution in [3.8, 4) is 0 Å². The molecule has 2 N–H and O–H groups in total. The molecule has 1 aliphatic rings. The van der Waals surface area contributed by atoms with Crippen LogP contribution in [0.15, 0.2) is 11.6 Å². The van der Waals surface area contributed by atoms with Crippen molar-refractivity contribution >= 4 is 0 Å². The van der Waals surface area contributed by atoms with Gasteiger partial charge in [0.05, 0.1) is 6.61 Å². The van der Waals surface area contributed by atoms with Crippen LogP contribution in [-0.2, 0) is 4.74 Å². The Labute approximate surface area is 62.1 Å². The Hall–Kier alpha value is -0.340. The first-order valence-corrected chi connectivity index (χ1v) is 3.78. The molecule has 1 heterocycles. The summed E-state index contributed by atoms with van der Waals surface area (Å²) in [6.45, 7) is 4.55. The third kappa shape index (κ3) is 2.12. The lowest BCUT2D eigenvalue weighted by molar-refractivity contribution is 0.191. The summed E-state index contributed by atoms with van der Waals surface area (Å²) in [6.07, 6.45) is 3.39. The van der Waals surface area contributed by atoms with Gasteiger partial charge in [-0.25, -0.2) is 0 Å². The van der Waals surface area contributed by atoms with Gasteiger partial charge in [0.25, 0.3) is 0 Å². The van der Waals surface area contributed by atoms with Gasteiger partial charge < -0.3 is 10.5 Å². The van der Waals surface area contributed by atoms with Crippen LogP contribution >= 0.6 is 0 Å². The van der Waals surface area contributed by atoms with Crippen molar-refractivity contribution in [2.24, 2.45) is 11.7 Å². The summed E-state index contributed by atoms with van der Waals surface area (Å²) in [5.41, 5.74) is 6.71. The predicted molar refractivity (Wildman–Crippen MR) is 41.7 cm³/mol. The van der Waals surface area contributed by atoms with Gasteiger partial charge in [-0.2, -0.15) is 0 Å². The minimum atomic E-state index is 0.628. The molecule has 2 nitrogen and oxygen atoms in total. The standard InChI is InChI=1S/C8H15NO/c1-7(5-9)4-8-2-3-10-6-8/h4,8H,2-3,5-6,9H2,1H3/b7-4+. The van der Waals surface area contributed by atoms with Gasteiger partial charge in [0.15, 0.2) is 0 Å². The van der Waals surface area contributed by atoms with Crippen LogP contribution in [0, 0.1) is 5.92 Å². The lowest BCUT2D eigenvalue weighted by Gasteiger charge is -2.01. The molecular weight excluding hydrogens is 126 g/mol. The summed E-state index contributed by atoms with van der Waals surface area (Å²) in [7, 11) is 0. The van der Waals surface area contributed by atoms with E-state index in [1.807, 2.05) is 0 Å². The van der Waals surface area contributed by atoms with Crippen molar-refractivity contribution in [3.63, 3.8) is 0 Å². The van der Waals surface area contributed by atoms with Crippen LogP contribution in [0.3, 0.4) is 0 Å². The fraction of sp³-hybridized carbons (Fsp3) is 0.750. The molecule has 0 saturated carbocycles. The molecule has 0 aromatic heterocycles. The highest BCUT2D eigenvalue weighted by molar-refractivity contribution is 5.03. The average molecular weight is 141 g/mol. The number of ether oxygens (including phenoxy) is 1. The summed E-state index contributed by atoms with van der Waals surface area (Å²) in [5, 5.41) is 0. The number of rotatable bonds is 2. The molecule has 0 radical (unpaired) electrons. The molecule has 1 rings (SSSR count). The Morgan fingerprint density at radius 1 is 1.80 bits per heavy atom. The van der Waals surface area contributed by atoms with E-state index in [-0.39, 0.29) is 0 Å². The van der Waals surface area contributed by atoms with E-state index >= 15 is 0 Å². The molecule has 0 aromatic rings. The van der Waals surface area contributed by atoms with Crippen LogP contribution in [0.2, 0.25) is 0 Å². The van der Waals surface area contributed by atoms with E-state index in [0.29, 0.717) is 12.5 Å². The normalized spacial score (nSPS) is 27.4. The van der Waals surface area contributed by atoms with E-state index in [2.05, 4.69) is 13.0 Å². The second-order valence-electron chi connectivity index (χ2n) is 2.84. The zero-order valence-electron chi connectivity index (χ0n) is 6.47. The van der Waals surface area contributed by atoms with E-state index in [4.69, 9.17) is 10.5 Å². The number of hydrogen-bond acceptors (Lipinski definition) is 2. The van der Waals surface area contributed by atoms with Crippen LogP contribution in [0.5, 0.6) is 0 Å². The van der Waals surface area contributed by atoms with Crippen LogP contribution in [0.25, 0.3) is 0 Å². The fourth-order valence-electron chi connectivity index (χ4n) is 1.15. The molecule has 1 unspecified atom stereocenters. The van der Waals surface area contributed by atoms with Crippen molar-refractivity contribution in [3.05, 3.63) is 11.6 Å². The van der Waals surface area contributed by atoms with Gasteiger partial charge in [0, 0.05) is 19.1 Å². The molecule has 1 atom stereocenters. The lowest BCUT2D eigenvalue weighted by atomic mass is 10.1. The van der Waals surface area contributed by atoms with Crippen molar-refractivity contribution in [1.82, 2.24) is 0 Å². The van der Waals surface area contributed by atoms with Crippen LogP contribution in [0.1, 0.15) is 13.3 Å². The maximum atomic E-state index is 5.44. The summed E-state index contributed by atoms with van der Waals surface area (Å²) < 4.78 is 5.22. The Kier molecular flexibility index (Phi) is 2.90. The molecule has 1 saturated heterocycles. The molecular formula is C8H15NO. The monoisotopic (exact) mass is 141 g/mol. The third-order valence-corrected chi connectivity index (χ3v) is 1.81. The van der Waals surface area contributed by atoms with E-state index < -0.39 is 0 Å². The molecule has 0 spiro atoms. The van der Waals surface area contributed by atoms with Crippen molar-refractivity contribution < 1.29 is 4.74 Å². The summed E-state index contributed by atoms with van der Waals surface area (Å²) >= 11 is 0. The van der Waals surface area contributed by atoms with Gasteiger partial charge in [-0.05, 0) is 13.3 Å². The quantitative estimate of drug-likeness (QED) is 0.580. The van der Waals surface area contributed by atoms with Gasteiger partial charge in [0.2, 0.25) is 0 Å². The Bertz CT molecular complexity index is 125. The minimum Gasteiger partial charge on any atom is -0.381 e. The SMILES string of the molecule is C/C(=C\C1CCOC1)CN.